The van der Waals surface area contributed by atoms with Crippen LogP contribution in [0.25, 0.3) is 0 Å². The fourth-order valence-electron chi connectivity index (χ4n) is 3.80. The zero-order valence-electron chi connectivity index (χ0n) is 18.6. The molecule has 1 amide bonds. The van der Waals surface area contributed by atoms with Crippen LogP contribution in [-0.4, -0.2) is 41.9 Å². The summed E-state index contributed by atoms with van der Waals surface area (Å²) in [5.41, 5.74) is 5.97. The van der Waals surface area contributed by atoms with E-state index in [1.807, 2.05) is 16.3 Å². The number of benzene rings is 2. The van der Waals surface area contributed by atoms with Crippen LogP contribution in [0.1, 0.15) is 37.5 Å². The van der Waals surface area contributed by atoms with Gasteiger partial charge < -0.3 is 9.64 Å². The van der Waals surface area contributed by atoms with Crippen molar-refractivity contribution in [1.82, 2.24) is 9.80 Å². The molecule has 0 bridgehead atoms. The lowest BCUT2D eigenvalue weighted by molar-refractivity contribution is 0.0633. The molecule has 1 aliphatic heterocycles. The highest BCUT2D eigenvalue weighted by Crippen LogP contribution is 2.23. The molecule has 5 heteroatoms. The molecule has 0 radical (unpaired) electrons. The smallest absolute Gasteiger partial charge is 0.264 e. The maximum absolute atomic E-state index is 13.0. The second-order valence-corrected chi connectivity index (χ2v) is 9.34. The Hall–Kier alpha value is -2.63. The molecule has 2 heterocycles. The predicted molar refractivity (Wildman–Crippen MR) is 127 cm³/mol. The van der Waals surface area contributed by atoms with Gasteiger partial charge in [-0.1, -0.05) is 42.0 Å². The van der Waals surface area contributed by atoms with E-state index in [-0.39, 0.29) is 5.91 Å². The van der Waals surface area contributed by atoms with Crippen molar-refractivity contribution in [1.29, 1.82) is 0 Å². The van der Waals surface area contributed by atoms with Crippen molar-refractivity contribution >= 4 is 17.2 Å². The van der Waals surface area contributed by atoms with Gasteiger partial charge in [0.25, 0.3) is 5.91 Å². The molecule has 4 nitrogen and oxygen atoms in total. The topological polar surface area (TPSA) is 32.8 Å². The van der Waals surface area contributed by atoms with Gasteiger partial charge in [-0.25, -0.2) is 0 Å². The molecule has 1 saturated heterocycles. The lowest BCUT2D eigenvalue weighted by Crippen LogP contribution is -2.48. The number of rotatable bonds is 6. The molecule has 1 fully saturated rings. The Kier molecular flexibility index (Phi) is 6.73. The first-order valence-corrected chi connectivity index (χ1v) is 11.7. The van der Waals surface area contributed by atoms with Gasteiger partial charge in [-0.2, -0.15) is 0 Å². The van der Waals surface area contributed by atoms with Gasteiger partial charge >= 0.3 is 0 Å². The second-order valence-electron chi connectivity index (χ2n) is 8.43. The Bertz CT molecular complexity index is 1030. The fourth-order valence-corrected chi connectivity index (χ4v) is 4.67. The Morgan fingerprint density at radius 3 is 2.35 bits per heavy atom. The number of aryl methyl sites for hydroxylation is 3. The number of hydrogen-bond acceptors (Lipinski definition) is 4. The first-order valence-electron chi connectivity index (χ1n) is 10.8. The monoisotopic (exact) mass is 434 g/mol. The summed E-state index contributed by atoms with van der Waals surface area (Å²) in [5.74, 6) is 1.04. The first-order chi connectivity index (χ1) is 15.0. The van der Waals surface area contributed by atoms with Crippen LogP contribution in [-0.2, 0) is 13.2 Å². The Morgan fingerprint density at radius 2 is 1.61 bits per heavy atom. The zero-order valence-corrected chi connectivity index (χ0v) is 19.4. The summed E-state index contributed by atoms with van der Waals surface area (Å²) < 4.78 is 6.00. The summed E-state index contributed by atoms with van der Waals surface area (Å²) in [7, 11) is 0. The van der Waals surface area contributed by atoms with Gasteiger partial charge in [-0.05, 0) is 55.0 Å². The zero-order chi connectivity index (χ0) is 21.8. The fraction of sp³-hybridized carbons (Fsp3) is 0.346. The Morgan fingerprint density at radius 1 is 0.903 bits per heavy atom. The highest BCUT2D eigenvalue weighted by Gasteiger charge is 2.23. The van der Waals surface area contributed by atoms with Crippen LogP contribution >= 0.6 is 11.3 Å². The summed E-state index contributed by atoms with van der Waals surface area (Å²) in [5, 5.41) is 2.03. The third kappa shape index (κ3) is 5.54. The first kappa shape index (κ1) is 21.6. The number of hydrogen-bond donors (Lipinski definition) is 0. The van der Waals surface area contributed by atoms with Gasteiger partial charge in [0.2, 0.25) is 0 Å². The molecule has 0 atom stereocenters. The summed E-state index contributed by atoms with van der Waals surface area (Å²) in [6.07, 6.45) is 0. The van der Waals surface area contributed by atoms with E-state index in [9.17, 15) is 4.79 Å². The highest BCUT2D eigenvalue weighted by molar-refractivity contribution is 7.12. The molecule has 2 aromatic carbocycles. The van der Waals surface area contributed by atoms with E-state index < -0.39 is 0 Å². The van der Waals surface area contributed by atoms with E-state index in [1.54, 1.807) is 0 Å². The third-order valence-electron chi connectivity index (χ3n) is 5.79. The third-order valence-corrected chi connectivity index (χ3v) is 6.76. The minimum atomic E-state index is 0.137. The van der Waals surface area contributed by atoms with Crippen LogP contribution in [0.15, 0.2) is 53.9 Å². The van der Waals surface area contributed by atoms with Crippen molar-refractivity contribution in [2.75, 3.05) is 26.2 Å². The van der Waals surface area contributed by atoms with Crippen molar-refractivity contribution in [3.8, 4) is 5.75 Å². The number of carbonyl (C=O) groups is 1. The molecular weight excluding hydrogens is 404 g/mol. The molecule has 0 spiro atoms. The largest absolute Gasteiger partial charge is 0.489 e. The molecule has 0 N–H and O–H groups in total. The number of ether oxygens (including phenoxy) is 1. The number of nitrogens with zero attached hydrogens (tertiary/aromatic N) is 2. The van der Waals surface area contributed by atoms with E-state index in [4.69, 9.17) is 4.74 Å². The van der Waals surface area contributed by atoms with Crippen molar-refractivity contribution in [3.63, 3.8) is 0 Å². The average Bonchev–Trinajstić information content (AvgIpc) is 3.25. The second kappa shape index (κ2) is 9.67. The van der Waals surface area contributed by atoms with E-state index >= 15 is 0 Å². The molecule has 0 aliphatic carbocycles. The molecule has 3 aromatic rings. The van der Waals surface area contributed by atoms with Gasteiger partial charge in [0.1, 0.15) is 12.4 Å². The van der Waals surface area contributed by atoms with Crippen molar-refractivity contribution < 1.29 is 9.53 Å². The van der Waals surface area contributed by atoms with E-state index in [0.29, 0.717) is 6.61 Å². The van der Waals surface area contributed by atoms with Crippen LogP contribution in [0, 0.1) is 20.8 Å². The Labute approximate surface area is 189 Å². The van der Waals surface area contributed by atoms with Crippen LogP contribution in [0.3, 0.4) is 0 Å². The summed E-state index contributed by atoms with van der Waals surface area (Å²) in [6.45, 7) is 11.0. The quantitative estimate of drug-likeness (QED) is 0.534. The highest BCUT2D eigenvalue weighted by atomic mass is 32.1. The van der Waals surface area contributed by atoms with Gasteiger partial charge in [0.05, 0.1) is 4.88 Å². The van der Waals surface area contributed by atoms with Crippen molar-refractivity contribution in [2.24, 2.45) is 0 Å². The minimum absolute atomic E-state index is 0.137. The van der Waals surface area contributed by atoms with Gasteiger partial charge in [0, 0.05) is 38.3 Å². The van der Waals surface area contributed by atoms with Crippen LogP contribution in [0.5, 0.6) is 5.75 Å². The minimum Gasteiger partial charge on any atom is -0.489 e. The van der Waals surface area contributed by atoms with Crippen molar-refractivity contribution in [2.45, 2.75) is 33.9 Å². The Balaban J connectivity index is 1.29. The number of piperazine rings is 1. The summed E-state index contributed by atoms with van der Waals surface area (Å²) in [4.78, 5) is 18.2. The molecule has 4 rings (SSSR count). The van der Waals surface area contributed by atoms with Gasteiger partial charge in [0.15, 0.2) is 0 Å². The van der Waals surface area contributed by atoms with E-state index in [0.717, 1.165) is 54.5 Å². The lowest BCUT2D eigenvalue weighted by atomic mass is 10.1. The van der Waals surface area contributed by atoms with E-state index in [1.165, 1.54) is 28.0 Å². The average molecular weight is 435 g/mol. The molecule has 1 aromatic heterocycles. The molecule has 162 valence electrons. The maximum atomic E-state index is 13.0. The number of thiophene rings is 1. The molecule has 31 heavy (non-hydrogen) atoms. The SMILES string of the molecule is Cc1ccc(CN2CCN(C(=O)c3cc(COc4cc(C)ccc4C)cs3)CC2)cc1. The lowest BCUT2D eigenvalue weighted by Gasteiger charge is -2.34. The summed E-state index contributed by atoms with van der Waals surface area (Å²) >= 11 is 1.51. The number of amides is 1. The van der Waals surface area contributed by atoms with Gasteiger partial charge in [-0.3, -0.25) is 9.69 Å². The van der Waals surface area contributed by atoms with E-state index in [2.05, 4.69) is 68.1 Å². The summed E-state index contributed by atoms with van der Waals surface area (Å²) in [6, 6.07) is 16.9. The maximum Gasteiger partial charge on any atom is 0.264 e. The van der Waals surface area contributed by atoms with Crippen LogP contribution < -0.4 is 4.74 Å². The van der Waals surface area contributed by atoms with Crippen molar-refractivity contribution in [3.05, 3.63) is 86.6 Å². The van der Waals surface area contributed by atoms with Gasteiger partial charge in [-0.15, -0.1) is 11.3 Å². The molecule has 0 saturated carbocycles. The molecule has 1 aliphatic rings. The van der Waals surface area contributed by atoms with Crippen LogP contribution in [0.4, 0.5) is 0 Å². The molecular formula is C26H30N2O2S. The predicted octanol–water partition coefficient (Wildman–Crippen LogP) is 5.21. The molecule has 0 unspecified atom stereocenters. The van der Waals surface area contributed by atoms with Crippen LogP contribution in [0.2, 0.25) is 0 Å². The number of carbonyl (C=O) groups excluding carboxylic acids is 1. The normalized spacial score (nSPS) is 14.6. The standard InChI is InChI=1S/C26H30N2O2S/c1-19-5-8-22(9-6-19)16-27-10-12-28(13-11-27)26(29)25-15-23(18-31-25)17-30-24-14-20(2)4-7-21(24)3/h4-9,14-15,18H,10-13,16-17H2,1-3H3.